The Bertz CT molecular complexity index is 1300. The van der Waals surface area contributed by atoms with Crippen LogP contribution in [0.2, 0.25) is 0 Å². The molecule has 2 aromatic carbocycles. The first kappa shape index (κ1) is 27.7. The molecule has 2 amide bonds. The van der Waals surface area contributed by atoms with Crippen LogP contribution in [-0.2, 0) is 14.8 Å². The van der Waals surface area contributed by atoms with E-state index in [1.165, 1.54) is 50.5 Å². The van der Waals surface area contributed by atoms with E-state index >= 15 is 0 Å². The van der Waals surface area contributed by atoms with Crippen LogP contribution >= 0.6 is 0 Å². The fourth-order valence-electron chi connectivity index (χ4n) is 4.52. The first-order chi connectivity index (χ1) is 18.1. The van der Waals surface area contributed by atoms with E-state index in [9.17, 15) is 22.4 Å². The Kier molecular flexibility index (Phi) is 8.45. The lowest BCUT2D eigenvalue weighted by molar-refractivity contribution is -0.137. The number of halogens is 1. The number of amides is 2. The molecule has 0 spiro atoms. The van der Waals surface area contributed by atoms with Crippen LogP contribution in [0.1, 0.15) is 41.1 Å². The summed E-state index contributed by atoms with van der Waals surface area (Å²) in [5.74, 6) is -0.596. The predicted octanol–water partition coefficient (Wildman–Crippen LogP) is 2.23. The molecule has 38 heavy (non-hydrogen) atoms. The van der Waals surface area contributed by atoms with Crippen LogP contribution in [0, 0.1) is 12.4 Å². The second-order valence-corrected chi connectivity index (χ2v) is 12.1. The van der Waals surface area contributed by atoms with Gasteiger partial charge in [0.2, 0.25) is 15.9 Å². The van der Waals surface area contributed by atoms with Crippen LogP contribution in [0.3, 0.4) is 0 Å². The lowest BCUT2D eigenvalue weighted by Crippen LogP contribution is -2.58. The molecule has 9 nitrogen and oxygen atoms in total. The van der Waals surface area contributed by atoms with Crippen molar-refractivity contribution >= 4 is 21.8 Å². The highest BCUT2D eigenvalue weighted by atomic mass is 32.2. The summed E-state index contributed by atoms with van der Waals surface area (Å²) in [6, 6.07) is 11.5. The molecule has 0 unspecified atom stereocenters. The van der Waals surface area contributed by atoms with E-state index in [0.29, 0.717) is 44.4 Å². The summed E-state index contributed by atoms with van der Waals surface area (Å²) in [7, 11) is -0.754. The van der Waals surface area contributed by atoms with Gasteiger partial charge < -0.3 is 20.4 Å². The Morgan fingerprint density at radius 3 is 2.39 bits per heavy atom. The SMILES string of the molecule is [C-]#[N+]C1CN(C(=O)[C@H](CCCN[C@@H]2C[C@H]2c2ccc(F)cc2)NC(=O)c2ccc(S(=O)(=O)N(C)C)cc2)C1. The molecule has 1 saturated heterocycles. The van der Waals surface area contributed by atoms with Crippen molar-refractivity contribution in [2.24, 2.45) is 0 Å². The molecular formula is C27H32FN5O4S. The maximum absolute atomic E-state index is 13.2. The third-order valence-corrected chi connectivity index (χ3v) is 8.85. The zero-order chi connectivity index (χ0) is 27.4. The van der Waals surface area contributed by atoms with Gasteiger partial charge in [-0.3, -0.25) is 9.59 Å². The number of hydrogen-bond acceptors (Lipinski definition) is 5. The standard InChI is InChI=1S/C27H32FN5O4S/c1-29-21-16-33(17-21)27(35)24(5-4-14-30-25-15-23(25)18-6-10-20(28)11-7-18)31-26(34)19-8-12-22(13-9-19)38(36,37)32(2)3/h6-13,21,23-25,30H,4-5,14-17H2,2-3H3,(H,31,34)/t23-,24-,25+/m0/s1. The molecular weight excluding hydrogens is 509 g/mol. The molecule has 1 aliphatic heterocycles. The lowest BCUT2D eigenvalue weighted by Gasteiger charge is -2.34. The first-order valence-corrected chi connectivity index (χ1v) is 14.0. The van der Waals surface area contributed by atoms with Crippen LogP contribution in [0.5, 0.6) is 0 Å². The number of carbonyl (C=O) groups is 2. The molecule has 2 aliphatic rings. The van der Waals surface area contributed by atoms with Gasteiger partial charge in [-0.25, -0.2) is 23.7 Å². The topological polar surface area (TPSA) is 103 Å². The maximum atomic E-state index is 13.2. The van der Waals surface area contributed by atoms with E-state index in [0.717, 1.165) is 16.3 Å². The Balaban J connectivity index is 1.33. The third kappa shape index (κ3) is 6.38. The van der Waals surface area contributed by atoms with Gasteiger partial charge in [0.05, 0.1) is 18.0 Å². The lowest BCUT2D eigenvalue weighted by atomic mass is 10.0. The first-order valence-electron chi connectivity index (χ1n) is 12.6. The molecule has 2 aromatic rings. The highest BCUT2D eigenvalue weighted by Gasteiger charge is 2.39. The molecule has 3 atom stereocenters. The van der Waals surface area contributed by atoms with Gasteiger partial charge in [-0.15, -0.1) is 0 Å². The summed E-state index contributed by atoms with van der Waals surface area (Å²) in [5.41, 5.74) is 1.35. The van der Waals surface area contributed by atoms with Gasteiger partial charge in [0.15, 0.2) is 0 Å². The largest absolute Gasteiger partial charge is 0.340 e. The van der Waals surface area contributed by atoms with Gasteiger partial charge in [0.25, 0.3) is 11.9 Å². The molecule has 1 saturated carbocycles. The van der Waals surface area contributed by atoms with E-state index in [4.69, 9.17) is 6.57 Å². The number of nitrogens with zero attached hydrogens (tertiary/aromatic N) is 3. The Morgan fingerprint density at radius 2 is 1.79 bits per heavy atom. The number of carbonyl (C=O) groups excluding carboxylic acids is 2. The second kappa shape index (κ2) is 11.6. The molecule has 0 bridgehead atoms. The summed E-state index contributed by atoms with van der Waals surface area (Å²) in [4.78, 5) is 31.2. The number of rotatable bonds is 11. The smallest absolute Gasteiger partial charge is 0.258 e. The van der Waals surface area contributed by atoms with Crippen molar-refractivity contribution in [2.45, 2.75) is 48.2 Å². The zero-order valence-electron chi connectivity index (χ0n) is 21.4. The second-order valence-electron chi connectivity index (χ2n) is 9.96. The van der Waals surface area contributed by atoms with E-state index in [1.54, 1.807) is 17.0 Å². The van der Waals surface area contributed by atoms with Crippen LogP contribution in [0.25, 0.3) is 4.85 Å². The Hall–Kier alpha value is -3.33. The summed E-state index contributed by atoms with van der Waals surface area (Å²) in [6.07, 6.45) is 2.03. The highest BCUT2D eigenvalue weighted by molar-refractivity contribution is 7.89. The molecule has 4 rings (SSSR count). The fraction of sp³-hybridized carbons (Fsp3) is 0.444. The third-order valence-electron chi connectivity index (χ3n) is 7.02. The van der Waals surface area contributed by atoms with Crippen LogP contribution in [-0.4, -0.2) is 81.3 Å². The molecule has 202 valence electrons. The fourth-order valence-corrected chi connectivity index (χ4v) is 5.42. The van der Waals surface area contributed by atoms with Crippen molar-refractivity contribution in [3.8, 4) is 0 Å². The minimum absolute atomic E-state index is 0.0718. The minimum Gasteiger partial charge on any atom is -0.340 e. The van der Waals surface area contributed by atoms with E-state index in [2.05, 4.69) is 15.5 Å². The molecule has 0 aromatic heterocycles. The van der Waals surface area contributed by atoms with E-state index < -0.39 is 22.0 Å². The van der Waals surface area contributed by atoms with E-state index in [1.807, 2.05) is 0 Å². The van der Waals surface area contributed by atoms with Crippen molar-refractivity contribution in [1.29, 1.82) is 0 Å². The highest BCUT2D eigenvalue weighted by Crippen LogP contribution is 2.40. The molecule has 1 aliphatic carbocycles. The van der Waals surface area contributed by atoms with Gasteiger partial charge in [-0.05, 0) is 67.8 Å². The molecule has 1 heterocycles. The number of sulfonamides is 1. The summed E-state index contributed by atoms with van der Waals surface area (Å²) < 4.78 is 38.8. The quantitative estimate of drug-likeness (QED) is 0.336. The van der Waals surface area contributed by atoms with Crippen molar-refractivity contribution in [1.82, 2.24) is 19.8 Å². The van der Waals surface area contributed by atoms with Crippen molar-refractivity contribution in [2.75, 3.05) is 33.7 Å². The molecule has 11 heteroatoms. The van der Waals surface area contributed by atoms with Gasteiger partial charge in [0, 0.05) is 31.6 Å². The van der Waals surface area contributed by atoms with Crippen molar-refractivity contribution in [3.05, 3.63) is 76.9 Å². The van der Waals surface area contributed by atoms with E-state index in [-0.39, 0.29) is 28.2 Å². The molecule has 0 radical (unpaired) electrons. The number of hydrogen-bond donors (Lipinski definition) is 2. The van der Waals surface area contributed by atoms with Crippen LogP contribution in [0.4, 0.5) is 4.39 Å². The zero-order valence-corrected chi connectivity index (χ0v) is 22.2. The van der Waals surface area contributed by atoms with Crippen molar-refractivity contribution in [3.63, 3.8) is 0 Å². The van der Waals surface area contributed by atoms with Gasteiger partial charge >= 0.3 is 0 Å². The summed E-state index contributed by atoms with van der Waals surface area (Å²) >= 11 is 0. The predicted molar refractivity (Wildman–Crippen MR) is 140 cm³/mol. The number of nitrogens with one attached hydrogen (secondary N) is 2. The monoisotopic (exact) mass is 541 g/mol. The molecule has 2 fully saturated rings. The normalized spacial score (nSPS) is 19.9. The minimum atomic E-state index is -3.62. The van der Waals surface area contributed by atoms with Crippen LogP contribution < -0.4 is 10.6 Å². The Morgan fingerprint density at radius 1 is 1.13 bits per heavy atom. The number of likely N-dealkylation sites (tertiary alicyclic amines) is 1. The molecule has 2 N–H and O–H groups in total. The maximum Gasteiger partial charge on any atom is 0.258 e. The van der Waals surface area contributed by atoms with Gasteiger partial charge in [0.1, 0.15) is 11.9 Å². The summed E-state index contributed by atoms with van der Waals surface area (Å²) in [6.45, 7) is 8.49. The van der Waals surface area contributed by atoms with Crippen LogP contribution in [0.15, 0.2) is 53.4 Å². The summed E-state index contributed by atoms with van der Waals surface area (Å²) in [5, 5.41) is 6.28. The average Bonchev–Trinajstić information content (AvgIpc) is 3.65. The van der Waals surface area contributed by atoms with Gasteiger partial charge in [-0.2, -0.15) is 0 Å². The number of benzene rings is 2. The Labute approximate surface area is 222 Å². The van der Waals surface area contributed by atoms with Crippen molar-refractivity contribution < 1.29 is 22.4 Å². The average molecular weight is 542 g/mol. The van der Waals surface area contributed by atoms with Gasteiger partial charge in [-0.1, -0.05) is 12.1 Å².